The number of benzene rings is 2. The average Bonchev–Trinajstić information content (AvgIpc) is 3.23. The fourth-order valence-electron chi connectivity index (χ4n) is 3.83. The van der Waals surface area contributed by atoms with E-state index in [9.17, 15) is 14.7 Å². The van der Waals surface area contributed by atoms with Crippen LogP contribution in [0.3, 0.4) is 0 Å². The number of amides is 1. The quantitative estimate of drug-likeness (QED) is 0.457. The number of aryl methyl sites for hydroxylation is 1. The maximum Gasteiger partial charge on any atom is 0.407 e. The van der Waals surface area contributed by atoms with Crippen LogP contribution in [0.5, 0.6) is 0 Å². The van der Waals surface area contributed by atoms with Gasteiger partial charge >= 0.3 is 12.1 Å². The van der Waals surface area contributed by atoms with Crippen molar-refractivity contribution < 1.29 is 19.4 Å². The summed E-state index contributed by atoms with van der Waals surface area (Å²) in [5.74, 6) is -1.03. The van der Waals surface area contributed by atoms with Crippen LogP contribution < -0.4 is 5.32 Å². The monoisotopic (exact) mass is 485 g/mol. The third-order valence-corrected chi connectivity index (χ3v) is 7.48. The molecule has 2 aromatic carbocycles. The summed E-state index contributed by atoms with van der Waals surface area (Å²) in [6, 6.07) is 17.4. The van der Waals surface area contributed by atoms with Gasteiger partial charge in [-0.1, -0.05) is 48.5 Å². The van der Waals surface area contributed by atoms with Gasteiger partial charge in [-0.2, -0.15) is 0 Å². The van der Waals surface area contributed by atoms with E-state index in [4.69, 9.17) is 4.74 Å². The first-order valence-electron chi connectivity index (χ1n) is 9.53. The van der Waals surface area contributed by atoms with Crippen LogP contribution in [0.15, 0.2) is 59.1 Å². The topological polar surface area (TPSA) is 75.6 Å². The van der Waals surface area contributed by atoms with Gasteiger partial charge in [0, 0.05) is 20.1 Å². The van der Waals surface area contributed by atoms with Gasteiger partial charge in [-0.3, -0.25) is 4.79 Å². The van der Waals surface area contributed by atoms with E-state index in [1.807, 2.05) is 37.3 Å². The van der Waals surface area contributed by atoms with Crippen molar-refractivity contribution in [2.45, 2.75) is 25.3 Å². The minimum atomic E-state index is -0.985. The summed E-state index contributed by atoms with van der Waals surface area (Å²) in [6.45, 7) is 2.12. The maximum absolute atomic E-state index is 12.5. The lowest BCUT2D eigenvalue weighted by atomic mass is 9.98. The summed E-state index contributed by atoms with van der Waals surface area (Å²) < 4.78 is 6.46. The Hall–Kier alpha value is -2.64. The van der Waals surface area contributed by atoms with Crippen molar-refractivity contribution >= 4 is 39.3 Å². The third kappa shape index (κ3) is 4.13. The number of hydrogen-bond donors (Lipinski definition) is 2. The molecule has 5 nitrogen and oxygen atoms in total. The molecule has 0 fully saturated rings. The molecule has 1 unspecified atom stereocenters. The fraction of sp³-hybridized carbons (Fsp3) is 0.217. The third-order valence-electron chi connectivity index (χ3n) is 5.23. The highest BCUT2D eigenvalue weighted by atomic mass is 79.9. The number of rotatable bonds is 6. The highest BCUT2D eigenvalue weighted by Crippen LogP contribution is 2.44. The second-order valence-electron chi connectivity index (χ2n) is 7.17. The first-order valence-corrected chi connectivity index (χ1v) is 11.1. The van der Waals surface area contributed by atoms with Crippen molar-refractivity contribution in [2.75, 3.05) is 6.61 Å². The van der Waals surface area contributed by atoms with Gasteiger partial charge in [0.15, 0.2) is 0 Å². The molecule has 154 valence electrons. The van der Waals surface area contributed by atoms with Gasteiger partial charge in [0.1, 0.15) is 6.61 Å². The zero-order valence-corrected chi connectivity index (χ0v) is 18.6. The lowest BCUT2D eigenvalue weighted by Crippen LogP contribution is -2.31. The van der Waals surface area contributed by atoms with Gasteiger partial charge in [-0.25, -0.2) is 4.79 Å². The Kier molecular flexibility index (Phi) is 5.92. The first kappa shape index (κ1) is 20.6. The number of carbonyl (C=O) groups is 2. The van der Waals surface area contributed by atoms with E-state index in [0.717, 1.165) is 36.5 Å². The van der Waals surface area contributed by atoms with Crippen LogP contribution in [-0.2, 0) is 9.53 Å². The van der Waals surface area contributed by atoms with Crippen molar-refractivity contribution in [1.29, 1.82) is 0 Å². The number of aliphatic carboxylic acids is 1. The Morgan fingerprint density at radius 1 is 1.13 bits per heavy atom. The molecule has 1 aromatic heterocycles. The van der Waals surface area contributed by atoms with E-state index >= 15 is 0 Å². The number of carboxylic acids is 1. The molecule has 4 rings (SSSR count). The second-order valence-corrected chi connectivity index (χ2v) is 9.32. The zero-order chi connectivity index (χ0) is 21.3. The molecule has 1 aliphatic rings. The Balaban J connectivity index is 1.48. The molecular formula is C23H20BrNO4S. The standard InChI is InChI=1S/C23H20BrNO4S/c1-13-19(24)10-21(30-13)20(11-22(26)27)25-23(28)29-12-18-16-8-4-2-6-14(16)15-7-3-5-9-17(15)18/h2-10,18,20H,11-12H2,1H3,(H,25,28)(H,26,27). The minimum absolute atomic E-state index is 0.0424. The average molecular weight is 486 g/mol. The van der Waals surface area contributed by atoms with E-state index in [1.165, 1.54) is 11.3 Å². The summed E-state index contributed by atoms with van der Waals surface area (Å²) in [4.78, 5) is 25.6. The lowest BCUT2D eigenvalue weighted by molar-refractivity contribution is -0.137. The second kappa shape index (κ2) is 8.62. The van der Waals surface area contributed by atoms with Crippen molar-refractivity contribution in [2.24, 2.45) is 0 Å². The molecule has 0 saturated heterocycles. The lowest BCUT2D eigenvalue weighted by Gasteiger charge is -2.18. The molecule has 1 amide bonds. The Labute approximate surface area is 186 Å². The normalized spacial score (nSPS) is 13.4. The van der Waals surface area contributed by atoms with Crippen molar-refractivity contribution in [3.8, 4) is 11.1 Å². The maximum atomic E-state index is 12.5. The summed E-state index contributed by atoms with van der Waals surface area (Å²) in [7, 11) is 0. The van der Waals surface area contributed by atoms with Crippen molar-refractivity contribution in [3.63, 3.8) is 0 Å². The number of thiophene rings is 1. The van der Waals surface area contributed by atoms with Crippen LogP contribution in [0.4, 0.5) is 4.79 Å². The van der Waals surface area contributed by atoms with Crippen molar-refractivity contribution in [1.82, 2.24) is 5.32 Å². The van der Waals surface area contributed by atoms with Gasteiger partial charge in [-0.15, -0.1) is 11.3 Å². The van der Waals surface area contributed by atoms with E-state index in [-0.39, 0.29) is 18.9 Å². The van der Waals surface area contributed by atoms with Crippen LogP contribution in [0.25, 0.3) is 11.1 Å². The molecule has 0 spiro atoms. The van der Waals surface area contributed by atoms with Gasteiger partial charge in [0.05, 0.1) is 12.5 Å². The molecule has 1 aliphatic carbocycles. The molecule has 30 heavy (non-hydrogen) atoms. The number of ether oxygens (including phenoxy) is 1. The number of halogens is 1. The number of carbonyl (C=O) groups excluding carboxylic acids is 1. The van der Waals surface area contributed by atoms with Gasteiger partial charge in [0.25, 0.3) is 0 Å². The summed E-state index contributed by atoms with van der Waals surface area (Å²) in [6.07, 6.45) is -0.832. The van der Waals surface area contributed by atoms with E-state index < -0.39 is 18.1 Å². The number of fused-ring (bicyclic) bond motifs is 3. The Morgan fingerprint density at radius 3 is 2.27 bits per heavy atom. The largest absolute Gasteiger partial charge is 0.481 e. The SMILES string of the molecule is Cc1sc(C(CC(=O)O)NC(=O)OCC2c3ccccc3-c3ccccc32)cc1Br. The Morgan fingerprint density at radius 2 is 1.73 bits per heavy atom. The summed E-state index contributed by atoms with van der Waals surface area (Å²) in [5, 5.41) is 12.0. The van der Waals surface area contributed by atoms with Gasteiger partial charge in [0.2, 0.25) is 0 Å². The van der Waals surface area contributed by atoms with Crippen molar-refractivity contribution in [3.05, 3.63) is 80.0 Å². The molecule has 0 saturated carbocycles. The number of nitrogens with one attached hydrogen (secondary N) is 1. The molecule has 2 N–H and O–H groups in total. The predicted molar refractivity (Wildman–Crippen MR) is 120 cm³/mol. The molecule has 7 heteroatoms. The van der Waals surface area contributed by atoms with Crippen LogP contribution in [0.2, 0.25) is 0 Å². The summed E-state index contributed by atoms with van der Waals surface area (Å²) >= 11 is 4.89. The molecule has 0 bridgehead atoms. The van der Waals surface area contributed by atoms with Crippen LogP contribution in [0, 0.1) is 6.92 Å². The molecular weight excluding hydrogens is 466 g/mol. The minimum Gasteiger partial charge on any atom is -0.481 e. The van der Waals surface area contributed by atoms with E-state index in [1.54, 1.807) is 0 Å². The molecule has 0 radical (unpaired) electrons. The number of carboxylic acid groups (broad SMARTS) is 1. The molecule has 3 aromatic rings. The predicted octanol–water partition coefficient (Wildman–Crippen LogP) is 5.87. The van der Waals surface area contributed by atoms with Crippen LogP contribution >= 0.6 is 27.3 Å². The van der Waals surface area contributed by atoms with Crippen LogP contribution in [0.1, 0.15) is 39.3 Å². The summed E-state index contributed by atoms with van der Waals surface area (Å²) in [5.41, 5.74) is 4.58. The van der Waals surface area contributed by atoms with Crippen LogP contribution in [-0.4, -0.2) is 23.8 Å². The van der Waals surface area contributed by atoms with E-state index in [0.29, 0.717) is 0 Å². The highest BCUT2D eigenvalue weighted by Gasteiger charge is 2.29. The van der Waals surface area contributed by atoms with E-state index in [2.05, 4.69) is 45.5 Å². The number of alkyl carbamates (subject to hydrolysis) is 1. The fourth-order valence-corrected chi connectivity index (χ4v) is 5.45. The molecule has 0 aliphatic heterocycles. The zero-order valence-electron chi connectivity index (χ0n) is 16.2. The van der Waals surface area contributed by atoms with Gasteiger partial charge < -0.3 is 15.2 Å². The molecule has 1 atom stereocenters. The smallest absolute Gasteiger partial charge is 0.407 e. The first-order chi connectivity index (χ1) is 14.4. The highest BCUT2D eigenvalue weighted by molar-refractivity contribution is 9.10. The molecule has 1 heterocycles. The Bertz CT molecular complexity index is 1050. The number of hydrogen-bond acceptors (Lipinski definition) is 4. The van der Waals surface area contributed by atoms with Gasteiger partial charge in [-0.05, 0) is 51.2 Å².